The minimum atomic E-state index is -0.0595. The van der Waals surface area contributed by atoms with Crippen molar-refractivity contribution in [1.82, 2.24) is 19.9 Å². The lowest BCUT2D eigenvalue weighted by Crippen LogP contribution is -2.25. The second kappa shape index (κ2) is 5.09. The number of imidazole rings is 1. The van der Waals surface area contributed by atoms with Gasteiger partial charge in [0.05, 0.1) is 24.4 Å². The number of hydrogen-bond acceptors (Lipinski definition) is 5. The van der Waals surface area contributed by atoms with E-state index in [1.54, 1.807) is 11.3 Å². The summed E-state index contributed by atoms with van der Waals surface area (Å²) in [5.41, 5.74) is 2.47. The van der Waals surface area contributed by atoms with Crippen LogP contribution in [0.25, 0.3) is 4.96 Å². The standard InChI is InChI=1S/C13H14N4O2S/c1-8-11(9(2)19-16-8)5-12(18)14-6-10-7-17-3-4-20-13(17)15-10/h3-4,7H,5-6H2,1-2H3,(H,14,18). The molecule has 7 heteroatoms. The van der Waals surface area contributed by atoms with Gasteiger partial charge in [-0.2, -0.15) is 0 Å². The van der Waals surface area contributed by atoms with Crippen LogP contribution in [0.5, 0.6) is 0 Å². The van der Waals surface area contributed by atoms with Gasteiger partial charge in [0.25, 0.3) is 0 Å². The first kappa shape index (κ1) is 12.9. The molecule has 1 N–H and O–H groups in total. The molecular formula is C13H14N4O2S. The molecule has 0 atom stereocenters. The molecule has 3 aromatic rings. The molecule has 0 saturated carbocycles. The molecule has 6 nitrogen and oxygen atoms in total. The average molecular weight is 290 g/mol. The maximum Gasteiger partial charge on any atom is 0.224 e. The van der Waals surface area contributed by atoms with Crippen LogP contribution < -0.4 is 5.32 Å². The Kier molecular flexibility index (Phi) is 3.27. The number of nitrogens with zero attached hydrogens (tertiary/aromatic N) is 3. The van der Waals surface area contributed by atoms with Gasteiger partial charge in [0.1, 0.15) is 5.76 Å². The number of nitrogens with one attached hydrogen (secondary N) is 1. The van der Waals surface area contributed by atoms with Gasteiger partial charge in [-0.05, 0) is 13.8 Å². The van der Waals surface area contributed by atoms with Crippen molar-refractivity contribution in [2.75, 3.05) is 0 Å². The van der Waals surface area contributed by atoms with E-state index in [1.807, 2.05) is 36.0 Å². The van der Waals surface area contributed by atoms with Crippen LogP contribution in [-0.2, 0) is 17.8 Å². The van der Waals surface area contributed by atoms with E-state index in [9.17, 15) is 4.79 Å². The fraction of sp³-hybridized carbons (Fsp3) is 0.308. The first-order valence-electron chi connectivity index (χ1n) is 6.23. The Morgan fingerprint density at radius 3 is 3.05 bits per heavy atom. The Morgan fingerprint density at radius 1 is 1.50 bits per heavy atom. The third-order valence-electron chi connectivity index (χ3n) is 3.13. The number of aromatic nitrogens is 3. The number of hydrogen-bond donors (Lipinski definition) is 1. The van der Waals surface area contributed by atoms with Crippen LogP contribution >= 0.6 is 11.3 Å². The van der Waals surface area contributed by atoms with Crippen LogP contribution in [0.4, 0.5) is 0 Å². The van der Waals surface area contributed by atoms with E-state index < -0.39 is 0 Å². The lowest BCUT2D eigenvalue weighted by atomic mass is 10.1. The van der Waals surface area contributed by atoms with Gasteiger partial charge in [-0.3, -0.25) is 9.20 Å². The summed E-state index contributed by atoms with van der Waals surface area (Å²) in [5.74, 6) is 0.635. The topological polar surface area (TPSA) is 72.4 Å². The van der Waals surface area contributed by atoms with Crippen molar-refractivity contribution in [2.24, 2.45) is 0 Å². The van der Waals surface area contributed by atoms with Gasteiger partial charge in [-0.1, -0.05) is 5.16 Å². The van der Waals surface area contributed by atoms with Gasteiger partial charge in [0.15, 0.2) is 4.96 Å². The highest BCUT2D eigenvalue weighted by Crippen LogP contribution is 2.13. The molecular weight excluding hydrogens is 276 g/mol. The number of carbonyl (C=O) groups is 1. The lowest BCUT2D eigenvalue weighted by Gasteiger charge is -2.02. The highest BCUT2D eigenvalue weighted by molar-refractivity contribution is 7.15. The van der Waals surface area contributed by atoms with Gasteiger partial charge < -0.3 is 9.84 Å². The second-order valence-corrected chi connectivity index (χ2v) is 5.45. The van der Waals surface area contributed by atoms with E-state index in [0.29, 0.717) is 12.3 Å². The molecule has 0 bridgehead atoms. The molecule has 0 spiro atoms. The van der Waals surface area contributed by atoms with E-state index in [2.05, 4.69) is 15.5 Å². The lowest BCUT2D eigenvalue weighted by molar-refractivity contribution is -0.120. The smallest absolute Gasteiger partial charge is 0.224 e. The maximum absolute atomic E-state index is 11.9. The van der Waals surface area contributed by atoms with Crippen molar-refractivity contribution in [1.29, 1.82) is 0 Å². The maximum atomic E-state index is 11.9. The van der Waals surface area contributed by atoms with E-state index in [4.69, 9.17) is 4.52 Å². The number of fused-ring (bicyclic) bond motifs is 1. The molecule has 3 rings (SSSR count). The Balaban J connectivity index is 1.61. The van der Waals surface area contributed by atoms with E-state index >= 15 is 0 Å². The van der Waals surface area contributed by atoms with Crippen LogP contribution in [0.1, 0.15) is 22.7 Å². The van der Waals surface area contributed by atoms with Gasteiger partial charge >= 0.3 is 0 Å². The third-order valence-corrected chi connectivity index (χ3v) is 3.90. The molecule has 0 unspecified atom stereocenters. The zero-order valence-electron chi connectivity index (χ0n) is 11.2. The molecule has 3 aromatic heterocycles. The SMILES string of the molecule is Cc1noc(C)c1CC(=O)NCc1cn2ccsc2n1. The fourth-order valence-electron chi connectivity index (χ4n) is 2.03. The monoisotopic (exact) mass is 290 g/mol. The van der Waals surface area contributed by atoms with E-state index in [0.717, 1.165) is 21.9 Å². The number of aryl methyl sites for hydroxylation is 2. The molecule has 0 aromatic carbocycles. The van der Waals surface area contributed by atoms with Crippen molar-refractivity contribution in [3.63, 3.8) is 0 Å². The van der Waals surface area contributed by atoms with Crippen LogP contribution in [0.2, 0.25) is 0 Å². The Labute approximate surface area is 119 Å². The summed E-state index contributed by atoms with van der Waals surface area (Å²) in [5, 5.41) is 8.68. The van der Waals surface area contributed by atoms with Crippen LogP contribution in [-0.4, -0.2) is 20.4 Å². The first-order valence-corrected chi connectivity index (χ1v) is 7.11. The summed E-state index contributed by atoms with van der Waals surface area (Å²) in [6.07, 6.45) is 4.15. The minimum Gasteiger partial charge on any atom is -0.361 e. The molecule has 0 fully saturated rings. The van der Waals surface area contributed by atoms with Gasteiger partial charge in [0, 0.05) is 23.3 Å². The molecule has 20 heavy (non-hydrogen) atoms. The molecule has 0 aliphatic heterocycles. The van der Waals surface area contributed by atoms with Gasteiger partial charge in [0.2, 0.25) is 5.91 Å². The summed E-state index contributed by atoms with van der Waals surface area (Å²) < 4.78 is 6.99. The largest absolute Gasteiger partial charge is 0.361 e. The zero-order chi connectivity index (χ0) is 14.1. The predicted molar refractivity (Wildman–Crippen MR) is 74.6 cm³/mol. The second-order valence-electron chi connectivity index (χ2n) is 4.58. The molecule has 0 aliphatic carbocycles. The predicted octanol–water partition coefficient (Wildman–Crippen LogP) is 1.86. The summed E-state index contributed by atoms with van der Waals surface area (Å²) in [6.45, 7) is 4.07. The van der Waals surface area contributed by atoms with Crippen LogP contribution in [0, 0.1) is 13.8 Å². The molecule has 0 aliphatic rings. The zero-order valence-corrected chi connectivity index (χ0v) is 12.0. The number of amides is 1. The Hall–Kier alpha value is -2.15. The van der Waals surface area contributed by atoms with Crippen molar-refractivity contribution < 1.29 is 9.32 Å². The fourth-order valence-corrected chi connectivity index (χ4v) is 2.75. The summed E-state index contributed by atoms with van der Waals surface area (Å²) in [4.78, 5) is 17.3. The van der Waals surface area contributed by atoms with E-state index in [1.165, 1.54) is 0 Å². The summed E-state index contributed by atoms with van der Waals surface area (Å²) >= 11 is 1.57. The summed E-state index contributed by atoms with van der Waals surface area (Å²) in [7, 11) is 0. The molecule has 1 amide bonds. The van der Waals surface area contributed by atoms with Gasteiger partial charge in [-0.25, -0.2) is 4.98 Å². The minimum absolute atomic E-state index is 0.0595. The van der Waals surface area contributed by atoms with Crippen molar-refractivity contribution in [3.05, 3.63) is 40.5 Å². The quantitative estimate of drug-likeness (QED) is 0.796. The molecule has 104 valence electrons. The summed E-state index contributed by atoms with van der Waals surface area (Å²) in [6, 6.07) is 0. The number of rotatable bonds is 4. The van der Waals surface area contributed by atoms with E-state index in [-0.39, 0.29) is 12.3 Å². The van der Waals surface area contributed by atoms with Crippen LogP contribution in [0.3, 0.4) is 0 Å². The average Bonchev–Trinajstić information content (AvgIpc) is 3.06. The van der Waals surface area contributed by atoms with Crippen molar-refractivity contribution >= 4 is 22.2 Å². The van der Waals surface area contributed by atoms with Crippen molar-refractivity contribution in [2.45, 2.75) is 26.8 Å². The van der Waals surface area contributed by atoms with Crippen LogP contribution in [0.15, 0.2) is 22.3 Å². The molecule has 3 heterocycles. The Morgan fingerprint density at radius 2 is 2.35 bits per heavy atom. The normalized spacial score (nSPS) is 11.1. The number of carbonyl (C=O) groups excluding carboxylic acids is 1. The van der Waals surface area contributed by atoms with Gasteiger partial charge in [-0.15, -0.1) is 11.3 Å². The highest BCUT2D eigenvalue weighted by atomic mass is 32.1. The highest BCUT2D eigenvalue weighted by Gasteiger charge is 2.13. The number of thiazole rings is 1. The first-order chi connectivity index (χ1) is 9.63. The molecule has 0 radical (unpaired) electrons. The third kappa shape index (κ3) is 2.44. The Bertz CT molecular complexity index is 707. The molecule has 0 saturated heterocycles. The van der Waals surface area contributed by atoms with Crippen molar-refractivity contribution in [3.8, 4) is 0 Å².